The number of carboxylic acids is 1. The van der Waals surface area contributed by atoms with E-state index in [9.17, 15) is 4.79 Å². The molecule has 102 valence electrons. The maximum absolute atomic E-state index is 11.2. The van der Waals surface area contributed by atoms with E-state index in [1.165, 1.54) is 0 Å². The van der Waals surface area contributed by atoms with Gasteiger partial charge in [0.2, 0.25) is 5.28 Å². The standard InChI is InChI=1S/C11H12ClN3O4/c1-5-2-18-3-6-4-19-8-7(10(16)17)13-11(12)14-9(8)15(5)6/h5-6H,2-4H2,1H3,(H,16,17)/t5-,6?/m1/s1. The minimum absolute atomic E-state index is 0.0175. The van der Waals surface area contributed by atoms with Crippen molar-refractivity contribution in [2.75, 3.05) is 24.7 Å². The third-order valence-electron chi connectivity index (χ3n) is 3.23. The van der Waals surface area contributed by atoms with E-state index in [4.69, 9.17) is 26.2 Å². The highest BCUT2D eigenvalue weighted by Gasteiger charge is 2.38. The van der Waals surface area contributed by atoms with Crippen molar-refractivity contribution in [3.05, 3.63) is 11.0 Å². The largest absolute Gasteiger partial charge is 0.485 e. The maximum Gasteiger partial charge on any atom is 0.358 e. The van der Waals surface area contributed by atoms with Crippen molar-refractivity contribution >= 4 is 23.4 Å². The second-order valence-electron chi connectivity index (χ2n) is 4.56. The van der Waals surface area contributed by atoms with Crippen molar-refractivity contribution in [1.29, 1.82) is 0 Å². The quantitative estimate of drug-likeness (QED) is 0.764. The zero-order valence-electron chi connectivity index (χ0n) is 10.2. The average molecular weight is 286 g/mol. The topological polar surface area (TPSA) is 84.8 Å². The summed E-state index contributed by atoms with van der Waals surface area (Å²) in [6, 6.07) is 0.0953. The lowest BCUT2D eigenvalue weighted by atomic mass is 10.1. The van der Waals surface area contributed by atoms with E-state index in [0.29, 0.717) is 25.6 Å². The molecule has 2 aliphatic rings. The predicted octanol–water partition coefficient (Wildman–Crippen LogP) is 0.814. The first-order valence-electron chi connectivity index (χ1n) is 5.87. The molecule has 1 aromatic heterocycles. The van der Waals surface area contributed by atoms with Crippen LogP contribution in [0.4, 0.5) is 5.82 Å². The molecule has 3 rings (SSSR count). The zero-order valence-corrected chi connectivity index (χ0v) is 10.9. The molecule has 1 unspecified atom stereocenters. The monoisotopic (exact) mass is 285 g/mol. The molecular formula is C11H12ClN3O4. The Morgan fingerprint density at radius 3 is 2.95 bits per heavy atom. The highest BCUT2D eigenvalue weighted by Crippen LogP contribution is 2.37. The van der Waals surface area contributed by atoms with Gasteiger partial charge in [-0.2, -0.15) is 4.98 Å². The molecule has 3 heterocycles. The van der Waals surface area contributed by atoms with Crippen LogP contribution in [0, 0.1) is 0 Å². The van der Waals surface area contributed by atoms with Crippen LogP contribution >= 0.6 is 11.6 Å². The molecule has 2 aliphatic heterocycles. The number of fused-ring (bicyclic) bond motifs is 3. The first-order chi connectivity index (χ1) is 9.08. The molecule has 1 N–H and O–H groups in total. The summed E-state index contributed by atoms with van der Waals surface area (Å²) in [4.78, 5) is 21.0. The van der Waals surface area contributed by atoms with Gasteiger partial charge in [0.05, 0.1) is 25.3 Å². The Balaban J connectivity index is 2.13. The lowest BCUT2D eigenvalue weighted by Gasteiger charge is -2.44. The fourth-order valence-electron chi connectivity index (χ4n) is 2.45. The summed E-state index contributed by atoms with van der Waals surface area (Å²) in [5.41, 5.74) is -0.202. The van der Waals surface area contributed by atoms with E-state index in [1.807, 2.05) is 11.8 Å². The summed E-state index contributed by atoms with van der Waals surface area (Å²) in [5, 5.41) is 9.06. The van der Waals surface area contributed by atoms with Crippen LogP contribution in [0.25, 0.3) is 0 Å². The molecule has 8 heteroatoms. The second-order valence-corrected chi connectivity index (χ2v) is 4.90. The highest BCUT2D eigenvalue weighted by molar-refractivity contribution is 6.28. The summed E-state index contributed by atoms with van der Waals surface area (Å²) < 4.78 is 11.0. The Kier molecular flexibility index (Phi) is 2.94. The molecule has 0 spiro atoms. The molecule has 1 aromatic rings. The number of carboxylic acid groups (broad SMARTS) is 1. The molecule has 19 heavy (non-hydrogen) atoms. The van der Waals surface area contributed by atoms with E-state index < -0.39 is 5.97 Å². The van der Waals surface area contributed by atoms with Crippen molar-refractivity contribution in [2.24, 2.45) is 0 Å². The van der Waals surface area contributed by atoms with Crippen molar-refractivity contribution in [3.8, 4) is 5.75 Å². The van der Waals surface area contributed by atoms with Gasteiger partial charge in [0.15, 0.2) is 17.3 Å². The normalized spacial score (nSPS) is 25.3. The van der Waals surface area contributed by atoms with Crippen LogP contribution in [-0.4, -0.2) is 52.9 Å². The first-order valence-corrected chi connectivity index (χ1v) is 6.25. The second kappa shape index (κ2) is 4.50. The van der Waals surface area contributed by atoms with Gasteiger partial charge >= 0.3 is 5.97 Å². The van der Waals surface area contributed by atoms with Crippen molar-refractivity contribution < 1.29 is 19.4 Å². The van der Waals surface area contributed by atoms with E-state index >= 15 is 0 Å². The molecule has 0 amide bonds. The van der Waals surface area contributed by atoms with Gasteiger partial charge in [0.25, 0.3) is 0 Å². The molecule has 2 atom stereocenters. The molecule has 0 saturated carbocycles. The highest BCUT2D eigenvalue weighted by atomic mass is 35.5. The molecule has 0 aliphatic carbocycles. The van der Waals surface area contributed by atoms with E-state index in [-0.39, 0.29) is 28.8 Å². The number of morpholine rings is 1. The summed E-state index contributed by atoms with van der Waals surface area (Å²) in [6.07, 6.45) is 0. The minimum atomic E-state index is -1.18. The Morgan fingerprint density at radius 1 is 1.42 bits per heavy atom. The van der Waals surface area contributed by atoms with E-state index in [2.05, 4.69) is 9.97 Å². The summed E-state index contributed by atoms with van der Waals surface area (Å²) in [7, 11) is 0. The molecule has 1 saturated heterocycles. The Bertz CT molecular complexity index is 539. The average Bonchev–Trinajstić information content (AvgIpc) is 2.37. The van der Waals surface area contributed by atoms with Crippen molar-refractivity contribution in [1.82, 2.24) is 9.97 Å². The number of carbonyl (C=O) groups is 1. The number of nitrogens with zero attached hydrogens (tertiary/aromatic N) is 3. The van der Waals surface area contributed by atoms with Gasteiger partial charge in [-0.15, -0.1) is 0 Å². The molecule has 0 aromatic carbocycles. The van der Waals surface area contributed by atoms with Crippen LogP contribution in [0.1, 0.15) is 17.4 Å². The maximum atomic E-state index is 11.2. The number of aromatic carboxylic acids is 1. The number of hydrogen-bond acceptors (Lipinski definition) is 6. The van der Waals surface area contributed by atoms with Crippen LogP contribution in [0.2, 0.25) is 5.28 Å². The van der Waals surface area contributed by atoms with Gasteiger partial charge in [0.1, 0.15) is 6.61 Å². The van der Waals surface area contributed by atoms with Crippen molar-refractivity contribution in [3.63, 3.8) is 0 Å². The number of hydrogen-bond donors (Lipinski definition) is 1. The molecule has 1 fully saturated rings. The molecular weight excluding hydrogens is 274 g/mol. The number of anilines is 1. The molecule has 0 radical (unpaired) electrons. The Hall–Kier alpha value is -1.60. The van der Waals surface area contributed by atoms with Gasteiger partial charge in [0, 0.05) is 0 Å². The van der Waals surface area contributed by atoms with Crippen LogP contribution < -0.4 is 9.64 Å². The molecule has 7 nitrogen and oxygen atoms in total. The molecule has 0 bridgehead atoms. The lowest BCUT2D eigenvalue weighted by Crippen LogP contribution is -2.56. The smallest absolute Gasteiger partial charge is 0.358 e. The van der Waals surface area contributed by atoms with Gasteiger partial charge < -0.3 is 19.5 Å². The lowest BCUT2D eigenvalue weighted by molar-refractivity contribution is 0.0475. The first kappa shape index (κ1) is 12.4. The van der Waals surface area contributed by atoms with Crippen LogP contribution in [0.15, 0.2) is 0 Å². The van der Waals surface area contributed by atoms with Crippen LogP contribution in [0.5, 0.6) is 5.75 Å². The van der Waals surface area contributed by atoms with Gasteiger partial charge in [-0.1, -0.05) is 0 Å². The summed E-state index contributed by atoms with van der Waals surface area (Å²) >= 11 is 5.81. The van der Waals surface area contributed by atoms with Gasteiger partial charge in [-0.05, 0) is 18.5 Å². The van der Waals surface area contributed by atoms with Crippen LogP contribution in [-0.2, 0) is 4.74 Å². The predicted molar refractivity (Wildman–Crippen MR) is 66.0 cm³/mol. The zero-order chi connectivity index (χ0) is 13.6. The third kappa shape index (κ3) is 1.98. The fraction of sp³-hybridized carbons (Fsp3) is 0.545. The van der Waals surface area contributed by atoms with E-state index in [0.717, 1.165) is 0 Å². The number of halogens is 1. The number of ether oxygens (including phenoxy) is 2. The van der Waals surface area contributed by atoms with Crippen molar-refractivity contribution in [2.45, 2.75) is 19.0 Å². The van der Waals surface area contributed by atoms with Gasteiger partial charge in [-0.25, -0.2) is 9.78 Å². The Morgan fingerprint density at radius 2 is 2.21 bits per heavy atom. The summed E-state index contributed by atoms with van der Waals surface area (Å²) in [6.45, 7) is 3.41. The SMILES string of the molecule is C[C@@H]1COCC2COc3c(C(=O)O)nc(Cl)nc3N21. The minimum Gasteiger partial charge on any atom is -0.485 e. The van der Waals surface area contributed by atoms with Crippen LogP contribution in [0.3, 0.4) is 0 Å². The number of aromatic nitrogens is 2. The van der Waals surface area contributed by atoms with E-state index in [1.54, 1.807) is 0 Å². The van der Waals surface area contributed by atoms with Gasteiger partial charge in [-0.3, -0.25) is 0 Å². The summed E-state index contributed by atoms with van der Waals surface area (Å²) in [5.74, 6) is -0.564. The Labute approximate surface area is 114 Å². The third-order valence-corrected chi connectivity index (χ3v) is 3.39. The number of rotatable bonds is 1. The fourth-order valence-corrected chi connectivity index (χ4v) is 2.61.